The van der Waals surface area contributed by atoms with Crippen molar-refractivity contribution in [3.05, 3.63) is 179 Å². The first-order valence-corrected chi connectivity index (χ1v) is 18.0. The van der Waals surface area contributed by atoms with Crippen LogP contribution in [-0.2, 0) is 37.8 Å². The molecule has 0 unspecified atom stereocenters. The molecule has 1 N–H and O–H groups in total. The average Bonchev–Trinajstić information content (AvgIpc) is 3.18. The van der Waals surface area contributed by atoms with Crippen LogP contribution in [0.5, 0.6) is 0 Å². The number of carbonyl (C=O) groups is 1. The van der Waals surface area contributed by atoms with Gasteiger partial charge in [0, 0.05) is 6.42 Å². The molecule has 50 heavy (non-hydrogen) atoms. The second kappa shape index (κ2) is 19.6. The molecule has 5 rings (SSSR count). The molecule has 1 amide bonds. The minimum absolute atomic E-state index is 0.0311. The molecule has 0 saturated carbocycles. The lowest BCUT2D eigenvalue weighted by atomic mass is 9.80. The third-order valence-electron chi connectivity index (χ3n) is 9.04. The van der Waals surface area contributed by atoms with Gasteiger partial charge in [0.25, 0.3) is 0 Å². The average molecular weight is 670 g/mol. The van der Waals surface area contributed by atoms with Gasteiger partial charge in [-0.25, -0.2) is 0 Å². The number of nitrogens with one attached hydrogen (secondary N) is 1. The molecule has 0 heterocycles. The first-order valence-electron chi connectivity index (χ1n) is 18.0. The Kier molecular flexibility index (Phi) is 14.4. The van der Waals surface area contributed by atoms with Gasteiger partial charge in [-0.2, -0.15) is 0 Å². The number of rotatable bonds is 20. The summed E-state index contributed by atoms with van der Waals surface area (Å²) in [5.41, 5.74) is 4.20. The Labute approximate surface area is 298 Å². The van der Waals surface area contributed by atoms with E-state index in [1.54, 1.807) is 0 Å². The monoisotopic (exact) mass is 669 g/mol. The summed E-state index contributed by atoms with van der Waals surface area (Å²) in [7, 11) is 0. The highest BCUT2D eigenvalue weighted by atomic mass is 16.5. The molecule has 0 bridgehead atoms. The lowest BCUT2D eigenvalue weighted by Crippen LogP contribution is -2.54. The zero-order valence-electron chi connectivity index (χ0n) is 29.5. The fourth-order valence-corrected chi connectivity index (χ4v) is 6.48. The molecule has 0 aliphatic rings. The SMILES string of the molecule is CCCC[C@@H](OCc1ccccc1)[C@@H](OCc1ccccc1)[C@H](COC(c1ccccc1)(c1ccccc1)c1ccccc1)NC(=O)CCC. The summed E-state index contributed by atoms with van der Waals surface area (Å²) in [6.07, 6.45) is 3.11. The highest BCUT2D eigenvalue weighted by Crippen LogP contribution is 2.41. The van der Waals surface area contributed by atoms with E-state index in [1.807, 2.05) is 97.9 Å². The van der Waals surface area contributed by atoms with E-state index in [-0.39, 0.29) is 18.6 Å². The van der Waals surface area contributed by atoms with E-state index in [1.165, 1.54) is 0 Å². The summed E-state index contributed by atoms with van der Waals surface area (Å²) in [4.78, 5) is 13.5. The summed E-state index contributed by atoms with van der Waals surface area (Å²) in [5.74, 6) is -0.0311. The standard InChI is InChI=1S/C45H51NO4/c1-3-5-32-42(48-33-36-22-11-6-12-23-36)44(49-34-37-24-13-7-14-25-37)41(46-43(47)21-4-2)35-50-45(38-26-15-8-16-27-38,39-28-17-9-18-29-39)40-30-19-10-20-31-40/h6-20,22-31,41-42,44H,3-5,21,32-35H2,1-2H3,(H,46,47)/t41-,42+,44-/m0/s1. The van der Waals surface area contributed by atoms with Crippen molar-refractivity contribution in [3.63, 3.8) is 0 Å². The van der Waals surface area contributed by atoms with E-state index >= 15 is 0 Å². The van der Waals surface area contributed by atoms with Gasteiger partial charge in [0.05, 0.1) is 32.0 Å². The molecule has 0 aromatic heterocycles. The Balaban J connectivity index is 1.57. The summed E-state index contributed by atoms with van der Waals surface area (Å²) in [6, 6.07) is 50.9. The second-order valence-electron chi connectivity index (χ2n) is 12.8. The van der Waals surface area contributed by atoms with Crippen LogP contribution in [0.2, 0.25) is 0 Å². The van der Waals surface area contributed by atoms with E-state index < -0.39 is 17.7 Å². The van der Waals surface area contributed by atoms with Crippen LogP contribution < -0.4 is 5.32 Å². The van der Waals surface area contributed by atoms with Crippen molar-refractivity contribution in [1.82, 2.24) is 5.32 Å². The van der Waals surface area contributed by atoms with Gasteiger partial charge in [-0.05, 0) is 40.7 Å². The van der Waals surface area contributed by atoms with Crippen LogP contribution in [-0.4, -0.2) is 30.8 Å². The molecule has 0 fully saturated rings. The fourth-order valence-electron chi connectivity index (χ4n) is 6.48. The van der Waals surface area contributed by atoms with Crippen LogP contribution in [0.1, 0.15) is 73.8 Å². The van der Waals surface area contributed by atoms with E-state index in [4.69, 9.17) is 14.2 Å². The summed E-state index contributed by atoms with van der Waals surface area (Å²) < 4.78 is 21.0. The molecule has 5 aromatic rings. The predicted molar refractivity (Wildman–Crippen MR) is 202 cm³/mol. The van der Waals surface area contributed by atoms with Gasteiger partial charge in [0.2, 0.25) is 5.91 Å². The van der Waals surface area contributed by atoms with Crippen molar-refractivity contribution in [3.8, 4) is 0 Å². The predicted octanol–water partition coefficient (Wildman–Crippen LogP) is 9.64. The highest BCUT2D eigenvalue weighted by molar-refractivity contribution is 5.76. The summed E-state index contributed by atoms with van der Waals surface area (Å²) >= 11 is 0. The minimum atomic E-state index is -0.953. The lowest BCUT2D eigenvalue weighted by Gasteiger charge is -2.40. The number of hydrogen-bond donors (Lipinski definition) is 1. The normalized spacial score (nSPS) is 13.3. The summed E-state index contributed by atoms with van der Waals surface area (Å²) in [5, 5.41) is 3.37. The Bertz CT molecular complexity index is 1550. The van der Waals surface area contributed by atoms with Crippen LogP contribution in [0.15, 0.2) is 152 Å². The Morgan fingerprint density at radius 2 is 1.04 bits per heavy atom. The summed E-state index contributed by atoms with van der Waals surface area (Å²) in [6.45, 7) is 5.21. The topological polar surface area (TPSA) is 56.8 Å². The molecular formula is C45H51NO4. The maximum Gasteiger partial charge on any atom is 0.220 e. The van der Waals surface area contributed by atoms with Gasteiger partial charge in [-0.3, -0.25) is 4.79 Å². The minimum Gasteiger partial charge on any atom is -0.371 e. The van der Waals surface area contributed by atoms with E-state index in [0.717, 1.165) is 53.5 Å². The molecular weight excluding hydrogens is 618 g/mol. The number of benzene rings is 5. The highest BCUT2D eigenvalue weighted by Gasteiger charge is 2.40. The number of ether oxygens (including phenoxy) is 3. The van der Waals surface area contributed by atoms with Gasteiger partial charge >= 0.3 is 0 Å². The van der Waals surface area contributed by atoms with Gasteiger partial charge in [-0.1, -0.05) is 178 Å². The fraction of sp³-hybridized carbons (Fsp3) is 0.311. The molecule has 0 spiro atoms. The van der Waals surface area contributed by atoms with Crippen molar-refractivity contribution < 1.29 is 19.0 Å². The van der Waals surface area contributed by atoms with Crippen LogP contribution in [0.25, 0.3) is 0 Å². The molecule has 0 aliphatic carbocycles. The molecule has 5 aromatic carbocycles. The van der Waals surface area contributed by atoms with E-state index in [9.17, 15) is 4.79 Å². The van der Waals surface area contributed by atoms with Crippen LogP contribution in [0.4, 0.5) is 0 Å². The van der Waals surface area contributed by atoms with Gasteiger partial charge < -0.3 is 19.5 Å². The second-order valence-corrected chi connectivity index (χ2v) is 12.8. The van der Waals surface area contributed by atoms with E-state index in [2.05, 4.69) is 72.9 Å². The number of unbranched alkanes of at least 4 members (excludes halogenated alkanes) is 1. The van der Waals surface area contributed by atoms with Crippen LogP contribution in [0.3, 0.4) is 0 Å². The van der Waals surface area contributed by atoms with E-state index in [0.29, 0.717) is 19.6 Å². The third kappa shape index (κ3) is 10.0. The lowest BCUT2D eigenvalue weighted by molar-refractivity contribution is -0.135. The Morgan fingerprint density at radius 3 is 1.48 bits per heavy atom. The largest absolute Gasteiger partial charge is 0.371 e. The smallest absolute Gasteiger partial charge is 0.220 e. The van der Waals surface area contributed by atoms with Gasteiger partial charge in [0.1, 0.15) is 11.7 Å². The van der Waals surface area contributed by atoms with Crippen LogP contribution >= 0.6 is 0 Å². The molecule has 260 valence electrons. The third-order valence-corrected chi connectivity index (χ3v) is 9.04. The molecule has 0 saturated heterocycles. The molecule has 5 nitrogen and oxygen atoms in total. The Morgan fingerprint density at radius 1 is 0.600 bits per heavy atom. The Hall–Kier alpha value is -4.55. The van der Waals surface area contributed by atoms with Crippen molar-refractivity contribution in [2.75, 3.05) is 6.61 Å². The number of hydrogen-bond acceptors (Lipinski definition) is 4. The van der Waals surface area contributed by atoms with Gasteiger partial charge in [0.15, 0.2) is 0 Å². The molecule has 3 atom stereocenters. The van der Waals surface area contributed by atoms with Crippen molar-refractivity contribution in [1.29, 1.82) is 0 Å². The first-order chi connectivity index (χ1) is 24.6. The zero-order valence-corrected chi connectivity index (χ0v) is 29.5. The quantitative estimate of drug-likeness (QED) is 0.0839. The first kappa shape index (κ1) is 36.7. The molecule has 0 radical (unpaired) electrons. The van der Waals surface area contributed by atoms with Crippen molar-refractivity contribution >= 4 is 5.91 Å². The molecule has 5 heteroatoms. The maximum atomic E-state index is 13.5. The van der Waals surface area contributed by atoms with Crippen LogP contribution in [0, 0.1) is 0 Å². The van der Waals surface area contributed by atoms with Crippen molar-refractivity contribution in [2.45, 2.75) is 83.0 Å². The molecule has 0 aliphatic heterocycles. The maximum absolute atomic E-state index is 13.5. The van der Waals surface area contributed by atoms with Gasteiger partial charge in [-0.15, -0.1) is 0 Å². The number of carbonyl (C=O) groups excluding carboxylic acids is 1. The number of amides is 1. The zero-order chi connectivity index (χ0) is 34.9. The van der Waals surface area contributed by atoms with Crippen molar-refractivity contribution in [2.24, 2.45) is 0 Å².